The van der Waals surface area contributed by atoms with E-state index in [1.807, 2.05) is 38.2 Å². The molecule has 0 atom stereocenters. The van der Waals surface area contributed by atoms with Gasteiger partial charge in [0.2, 0.25) is 5.91 Å². The van der Waals surface area contributed by atoms with Crippen LogP contribution >= 0.6 is 0 Å². The van der Waals surface area contributed by atoms with E-state index in [2.05, 4.69) is 15.4 Å². The Bertz CT molecular complexity index is 819. The van der Waals surface area contributed by atoms with E-state index in [-0.39, 0.29) is 5.91 Å². The van der Waals surface area contributed by atoms with Gasteiger partial charge in [0.1, 0.15) is 17.7 Å². The van der Waals surface area contributed by atoms with E-state index in [1.165, 1.54) is 0 Å². The molecule has 6 nitrogen and oxygen atoms in total. The molecule has 1 amide bonds. The number of nitrogens with one attached hydrogen (secondary N) is 1. The van der Waals surface area contributed by atoms with E-state index in [9.17, 15) is 4.79 Å². The summed E-state index contributed by atoms with van der Waals surface area (Å²) >= 11 is 0. The number of amides is 1. The quantitative estimate of drug-likeness (QED) is 0.756. The maximum Gasteiger partial charge on any atom is 0.224 e. The molecule has 1 aromatic carbocycles. The topological polar surface area (TPSA) is 73.0 Å². The Balaban J connectivity index is 1.63. The predicted molar refractivity (Wildman–Crippen MR) is 87.0 cm³/mol. The number of hydrogen-bond donors (Lipinski definition) is 1. The normalized spacial score (nSPS) is 11.0. The molecular weight excluding hydrogens is 292 g/mol. The van der Waals surface area contributed by atoms with E-state index in [4.69, 9.17) is 4.42 Å². The summed E-state index contributed by atoms with van der Waals surface area (Å²) in [5, 5.41) is 8.13. The Morgan fingerprint density at radius 3 is 2.91 bits per heavy atom. The minimum Gasteiger partial charge on any atom is -0.461 e. The van der Waals surface area contributed by atoms with Crippen molar-refractivity contribution >= 4 is 16.9 Å². The first-order valence-electron chi connectivity index (χ1n) is 7.78. The molecular formula is C17H20N4O2. The summed E-state index contributed by atoms with van der Waals surface area (Å²) in [6.45, 7) is 2.56. The standard InChI is InChI=1S/C17H20N4O2/c1-3-14-13(12-6-4-5-7-15(12)23-14)10-17(22)18-9-8-16-19-11-21(2)20-16/h4-7,11H,3,8-10H2,1-2H3,(H,18,22). The lowest BCUT2D eigenvalue weighted by Crippen LogP contribution is -2.27. The van der Waals surface area contributed by atoms with Crippen LogP contribution in [0.1, 0.15) is 24.1 Å². The maximum atomic E-state index is 12.2. The molecule has 1 N–H and O–H groups in total. The summed E-state index contributed by atoms with van der Waals surface area (Å²) in [4.78, 5) is 16.4. The first-order valence-corrected chi connectivity index (χ1v) is 7.78. The van der Waals surface area contributed by atoms with Gasteiger partial charge in [0, 0.05) is 37.4 Å². The first kappa shape index (κ1) is 15.3. The average Bonchev–Trinajstić information content (AvgIpc) is 3.11. The van der Waals surface area contributed by atoms with Gasteiger partial charge < -0.3 is 9.73 Å². The molecule has 6 heteroatoms. The van der Waals surface area contributed by atoms with Crippen LogP contribution in [0.4, 0.5) is 0 Å². The van der Waals surface area contributed by atoms with Crippen molar-refractivity contribution in [1.29, 1.82) is 0 Å². The van der Waals surface area contributed by atoms with Gasteiger partial charge in [0.25, 0.3) is 0 Å². The fourth-order valence-corrected chi connectivity index (χ4v) is 2.66. The van der Waals surface area contributed by atoms with Gasteiger partial charge in [-0.15, -0.1) is 0 Å². The number of aromatic nitrogens is 3. The fourth-order valence-electron chi connectivity index (χ4n) is 2.66. The Labute approximate surface area is 134 Å². The molecule has 0 aliphatic heterocycles. The average molecular weight is 312 g/mol. The number of carbonyl (C=O) groups is 1. The summed E-state index contributed by atoms with van der Waals surface area (Å²) in [5.41, 5.74) is 1.82. The third-order valence-corrected chi connectivity index (χ3v) is 3.76. The van der Waals surface area contributed by atoms with Crippen LogP contribution in [0, 0.1) is 0 Å². The number of hydrogen-bond acceptors (Lipinski definition) is 4. The summed E-state index contributed by atoms with van der Waals surface area (Å²) < 4.78 is 7.48. The molecule has 0 saturated carbocycles. The molecule has 0 saturated heterocycles. The molecule has 0 bridgehead atoms. The second kappa shape index (κ2) is 6.64. The van der Waals surface area contributed by atoms with Crippen molar-refractivity contribution in [3.8, 4) is 0 Å². The van der Waals surface area contributed by atoms with Crippen LogP contribution in [-0.2, 0) is 31.1 Å². The molecule has 2 heterocycles. The van der Waals surface area contributed by atoms with Crippen LogP contribution in [-0.4, -0.2) is 27.2 Å². The molecule has 0 spiro atoms. The third-order valence-electron chi connectivity index (χ3n) is 3.76. The second-order valence-electron chi connectivity index (χ2n) is 5.46. The van der Waals surface area contributed by atoms with Gasteiger partial charge in [0.15, 0.2) is 5.82 Å². The van der Waals surface area contributed by atoms with Crippen LogP contribution in [0.5, 0.6) is 0 Å². The minimum absolute atomic E-state index is 0.0119. The van der Waals surface area contributed by atoms with E-state index in [0.29, 0.717) is 19.4 Å². The monoisotopic (exact) mass is 312 g/mol. The number of fused-ring (bicyclic) bond motifs is 1. The highest BCUT2D eigenvalue weighted by molar-refractivity contribution is 5.88. The van der Waals surface area contributed by atoms with Crippen molar-refractivity contribution in [3.05, 3.63) is 47.7 Å². The molecule has 2 aromatic heterocycles. The number of para-hydroxylation sites is 1. The molecule has 23 heavy (non-hydrogen) atoms. The van der Waals surface area contributed by atoms with E-state index >= 15 is 0 Å². The lowest BCUT2D eigenvalue weighted by molar-refractivity contribution is -0.120. The number of aryl methyl sites for hydroxylation is 2. The highest BCUT2D eigenvalue weighted by Gasteiger charge is 2.15. The zero-order valence-corrected chi connectivity index (χ0v) is 13.4. The Kier molecular flexibility index (Phi) is 4.41. The highest BCUT2D eigenvalue weighted by Crippen LogP contribution is 2.26. The predicted octanol–water partition coefficient (Wildman–Crippen LogP) is 2.03. The molecule has 0 radical (unpaired) electrons. The molecule has 3 aromatic rings. The summed E-state index contributed by atoms with van der Waals surface area (Å²) in [7, 11) is 1.82. The SMILES string of the molecule is CCc1oc2ccccc2c1CC(=O)NCCc1ncn(C)n1. The zero-order valence-electron chi connectivity index (χ0n) is 13.4. The smallest absolute Gasteiger partial charge is 0.224 e. The largest absolute Gasteiger partial charge is 0.461 e. The molecule has 0 aliphatic rings. The van der Waals surface area contributed by atoms with Crippen molar-refractivity contribution in [2.45, 2.75) is 26.2 Å². The van der Waals surface area contributed by atoms with Crippen LogP contribution in [0.25, 0.3) is 11.0 Å². The van der Waals surface area contributed by atoms with Gasteiger partial charge in [-0.05, 0) is 6.07 Å². The zero-order chi connectivity index (χ0) is 16.2. The number of rotatable bonds is 6. The third kappa shape index (κ3) is 3.41. The van der Waals surface area contributed by atoms with Crippen LogP contribution in [0.3, 0.4) is 0 Å². The summed E-state index contributed by atoms with van der Waals surface area (Å²) in [6, 6.07) is 7.83. The Morgan fingerprint density at radius 1 is 1.35 bits per heavy atom. The van der Waals surface area contributed by atoms with Crippen molar-refractivity contribution in [2.24, 2.45) is 7.05 Å². The van der Waals surface area contributed by atoms with Crippen molar-refractivity contribution in [3.63, 3.8) is 0 Å². The lowest BCUT2D eigenvalue weighted by Gasteiger charge is -2.04. The highest BCUT2D eigenvalue weighted by atomic mass is 16.3. The number of carbonyl (C=O) groups excluding carboxylic acids is 1. The summed E-state index contributed by atoms with van der Waals surface area (Å²) in [5.74, 6) is 1.60. The van der Waals surface area contributed by atoms with Gasteiger partial charge >= 0.3 is 0 Å². The number of furan rings is 1. The lowest BCUT2D eigenvalue weighted by atomic mass is 10.1. The minimum atomic E-state index is -0.0119. The molecule has 0 unspecified atom stereocenters. The van der Waals surface area contributed by atoms with Crippen molar-refractivity contribution < 1.29 is 9.21 Å². The second-order valence-corrected chi connectivity index (χ2v) is 5.46. The van der Waals surface area contributed by atoms with E-state index < -0.39 is 0 Å². The van der Waals surface area contributed by atoms with Crippen LogP contribution < -0.4 is 5.32 Å². The van der Waals surface area contributed by atoms with Gasteiger partial charge in [-0.25, -0.2) is 4.98 Å². The molecule has 3 rings (SSSR count). The molecule has 0 aliphatic carbocycles. The van der Waals surface area contributed by atoms with E-state index in [1.54, 1.807) is 11.0 Å². The van der Waals surface area contributed by atoms with Crippen molar-refractivity contribution in [1.82, 2.24) is 20.1 Å². The van der Waals surface area contributed by atoms with Gasteiger partial charge in [-0.1, -0.05) is 25.1 Å². The van der Waals surface area contributed by atoms with E-state index in [0.717, 1.165) is 34.5 Å². The fraction of sp³-hybridized carbons (Fsp3) is 0.353. The first-order chi connectivity index (χ1) is 11.2. The number of benzene rings is 1. The summed E-state index contributed by atoms with van der Waals surface area (Å²) in [6.07, 6.45) is 3.38. The van der Waals surface area contributed by atoms with Gasteiger partial charge in [-0.3, -0.25) is 9.48 Å². The van der Waals surface area contributed by atoms with Gasteiger partial charge in [0.05, 0.1) is 6.42 Å². The van der Waals surface area contributed by atoms with Gasteiger partial charge in [-0.2, -0.15) is 5.10 Å². The van der Waals surface area contributed by atoms with Crippen LogP contribution in [0.2, 0.25) is 0 Å². The Hall–Kier alpha value is -2.63. The Morgan fingerprint density at radius 2 is 2.17 bits per heavy atom. The maximum absolute atomic E-state index is 12.2. The number of nitrogens with zero attached hydrogens (tertiary/aromatic N) is 3. The molecule has 0 fully saturated rings. The molecule has 120 valence electrons. The van der Waals surface area contributed by atoms with Crippen molar-refractivity contribution in [2.75, 3.05) is 6.54 Å². The van der Waals surface area contributed by atoms with Crippen LogP contribution in [0.15, 0.2) is 35.0 Å².